The third-order valence-corrected chi connectivity index (χ3v) is 3.52. The molecule has 0 aromatic heterocycles. The Balaban J connectivity index is 2.69. The molecule has 1 rings (SSSR count). The summed E-state index contributed by atoms with van der Waals surface area (Å²) in [6, 6.07) is 0. The molecule has 0 radical (unpaired) electrons. The molecule has 1 heterocycles. The number of hydrogen-bond acceptors (Lipinski definition) is 5. The SMILES string of the molecule is CCC1(C(=O)OCC(C)=O)CCN(C(=O)OC(C)(C)C)C1. The quantitative estimate of drug-likeness (QED) is 0.744. The van der Waals surface area contributed by atoms with Crippen LogP contribution in [0.4, 0.5) is 4.79 Å². The Bertz CT molecular complexity index is 426. The summed E-state index contributed by atoms with van der Waals surface area (Å²) in [5.41, 5.74) is -1.30. The Morgan fingerprint density at radius 2 is 1.86 bits per heavy atom. The Hall–Kier alpha value is -1.59. The number of Topliss-reactive ketones (excluding diaryl/α,β-unsaturated/α-hetero) is 1. The van der Waals surface area contributed by atoms with Crippen molar-refractivity contribution in [3.05, 3.63) is 0 Å². The van der Waals surface area contributed by atoms with Crippen LogP contribution in [0.2, 0.25) is 0 Å². The lowest BCUT2D eigenvalue weighted by atomic mass is 9.84. The van der Waals surface area contributed by atoms with E-state index in [2.05, 4.69) is 0 Å². The molecule has 1 unspecified atom stereocenters. The molecular weight excluding hydrogens is 274 g/mol. The number of amides is 1. The van der Waals surface area contributed by atoms with Crippen molar-refractivity contribution in [2.75, 3.05) is 19.7 Å². The first kappa shape index (κ1) is 17.5. The molecule has 1 aliphatic heterocycles. The van der Waals surface area contributed by atoms with Gasteiger partial charge < -0.3 is 14.4 Å². The largest absolute Gasteiger partial charge is 0.457 e. The maximum atomic E-state index is 12.2. The number of carbonyl (C=O) groups excluding carboxylic acids is 3. The van der Waals surface area contributed by atoms with Crippen molar-refractivity contribution in [2.24, 2.45) is 5.41 Å². The fraction of sp³-hybridized carbons (Fsp3) is 0.800. The highest BCUT2D eigenvalue weighted by atomic mass is 16.6. The summed E-state index contributed by atoms with van der Waals surface area (Å²) in [5.74, 6) is -0.608. The van der Waals surface area contributed by atoms with Gasteiger partial charge in [-0.3, -0.25) is 9.59 Å². The molecule has 1 fully saturated rings. The van der Waals surface area contributed by atoms with Crippen LogP contribution in [0.25, 0.3) is 0 Å². The molecule has 6 nitrogen and oxygen atoms in total. The molecule has 0 aromatic rings. The van der Waals surface area contributed by atoms with E-state index in [1.165, 1.54) is 11.8 Å². The second kappa shape index (κ2) is 6.45. The Kier molecular flexibility index (Phi) is 5.36. The minimum Gasteiger partial charge on any atom is -0.457 e. The van der Waals surface area contributed by atoms with Gasteiger partial charge in [-0.05, 0) is 40.5 Å². The lowest BCUT2D eigenvalue weighted by molar-refractivity contribution is -0.157. The van der Waals surface area contributed by atoms with Crippen molar-refractivity contribution < 1.29 is 23.9 Å². The number of carbonyl (C=O) groups is 3. The van der Waals surface area contributed by atoms with Crippen molar-refractivity contribution in [3.63, 3.8) is 0 Å². The molecule has 1 atom stereocenters. The molecule has 0 bridgehead atoms. The lowest BCUT2D eigenvalue weighted by Crippen LogP contribution is -2.40. The first-order chi connectivity index (χ1) is 9.59. The topological polar surface area (TPSA) is 72.9 Å². The van der Waals surface area contributed by atoms with E-state index in [4.69, 9.17) is 9.47 Å². The maximum Gasteiger partial charge on any atom is 0.410 e. The summed E-state index contributed by atoms with van der Waals surface area (Å²) in [4.78, 5) is 36.7. The van der Waals surface area contributed by atoms with Gasteiger partial charge in [0.25, 0.3) is 0 Å². The number of rotatable bonds is 4. The summed E-state index contributed by atoms with van der Waals surface area (Å²) in [7, 11) is 0. The fourth-order valence-electron chi connectivity index (χ4n) is 2.27. The van der Waals surface area contributed by atoms with E-state index in [-0.39, 0.29) is 18.9 Å². The van der Waals surface area contributed by atoms with Gasteiger partial charge in [-0.1, -0.05) is 6.92 Å². The summed E-state index contributed by atoms with van der Waals surface area (Å²) in [6.07, 6.45) is 0.667. The number of ether oxygens (including phenoxy) is 2. The molecule has 0 aliphatic carbocycles. The number of nitrogens with zero attached hydrogens (tertiary/aromatic N) is 1. The average molecular weight is 299 g/mol. The molecule has 0 spiro atoms. The number of esters is 1. The van der Waals surface area contributed by atoms with Gasteiger partial charge in [0.1, 0.15) is 12.2 Å². The van der Waals surface area contributed by atoms with Gasteiger partial charge in [-0.2, -0.15) is 0 Å². The molecule has 1 aliphatic rings. The first-order valence-corrected chi connectivity index (χ1v) is 7.24. The van der Waals surface area contributed by atoms with Gasteiger partial charge in [-0.15, -0.1) is 0 Å². The second-order valence-electron chi connectivity index (χ2n) is 6.56. The molecular formula is C15H25NO5. The summed E-state index contributed by atoms with van der Waals surface area (Å²) < 4.78 is 10.4. The van der Waals surface area contributed by atoms with E-state index in [9.17, 15) is 14.4 Å². The predicted octanol–water partition coefficient (Wildman–Crippen LogP) is 2.16. The smallest absolute Gasteiger partial charge is 0.410 e. The van der Waals surface area contributed by atoms with Crippen LogP contribution in [0, 0.1) is 5.41 Å². The van der Waals surface area contributed by atoms with E-state index in [0.29, 0.717) is 19.4 Å². The van der Waals surface area contributed by atoms with E-state index in [1.54, 1.807) is 20.8 Å². The maximum absolute atomic E-state index is 12.2. The monoisotopic (exact) mass is 299 g/mol. The van der Waals surface area contributed by atoms with Gasteiger partial charge in [0.2, 0.25) is 0 Å². The molecule has 0 N–H and O–H groups in total. The lowest BCUT2D eigenvalue weighted by Gasteiger charge is -2.27. The highest BCUT2D eigenvalue weighted by Crippen LogP contribution is 2.36. The van der Waals surface area contributed by atoms with Crippen LogP contribution in [-0.4, -0.2) is 48.0 Å². The van der Waals surface area contributed by atoms with Gasteiger partial charge in [0.05, 0.1) is 5.41 Å². The van der Waals surface area contributed by atoms with Gasteiger partial charge in [-0.25, -0.2) is 4.79 Å². The van der Waals surface area contributed by atoms with Crippen LogP contribution in [0.15, 0.2) is 0 Å². The second-order valence-corrected chi connectivity index (χ2v) is 6.56. The van der Waals surface area contributed by atoms with Gasteiger partial charge in [0.15, 0.2) is 5.78 Å². The third kappa shape index (κ3) is 4.72. The molecule has 0 saturated carbocycles. The molecule has 1 saturated heterocycles. The van der Waals surface area contributed by atoms with Crippen LogP contribution in [0.5, 0.6) is 0 Å². The zero-order chi connectivity index (χ0) is 16.3. The van der Waals surface area contributed by atoms with Crippen molar-refractivity contribution in [1.82, 2.24) is 4.90 Å². The van der Waals surface area contributed by atoms with Crippen LogP contribution < -0.4 is 0 Å². The van der Waals surface area contributed by atoms with Crippen LogP contribution >= 0.6 is 0 Å². The molecule has 0 aromatic carbocycles. The Labute approximate surface area is 125 Å². The number of ketones is 1. The van der Waals surface area contributed by atoms with Gasteiger partial charge >= 0.3 is 12.1 Å². The summed E-state index contributed by atoms with van der Waals surface area (Å²) in [6.45, 7) is 9.17. The third-order valence-electron chi connectivity index (χ3n) is 3.52. The van der Waals surface area contributed by atoms with Crippen molar-refractivity contribution in [2.45, 2.75) is 53.1 Å². The van der Waals surface area contributed by atoms with E-state index in [1.807, 2.05) is 6.92 Å². The van der Waals surface area contributed by atoms with Gasteiger partial charge in [0, 0.05) is 13.1 Å². The zero-order valence-corrected chi connectivity index (χ0v) is 13.5. The van der Waals surface area contributed by atoms with E-state index < -0.39 is 23.1 Å². The molecule has 1 amide bonds. The predicted molar refractivity (Wildman–Crippen MR) is 76.8 cm³/mol. The number of likely N-dealkylation sites (tertiary alicyclic amines) is 1. The summed E-state index contributed by atoms with van der Waals surface area (Å²) >= 11 is 0. The van der Waals surface area contributed by atoms with Crippen molar-refractivity contribution in [1.29, 1.82) is 0 Å². The average Bonchev–Trinajstić information content (AvgIpc) is 2.79. The normalized spacial score (nSPS) is 22.0. The Morgan fingerprint density at radius 1 is 1.24 bits per heavy atom. The summed E-state index contributed by atoms with van der Waals surface area (Å²) in [5, 5.41) is 0. The zero-order valence-electron chi connectivity index (χ0n) is 13.5. The molecule has 120 valence electrons. The van der Waals surface area contributed by atoms with E-state index in [0.717, 1.165) is 0 Å². The van der Waals surface area contributed by atoms with E-state index >= 15 is 0 Å². The highest BCUT2D eigenvalue weighted by Gasteiger charge is 2.46. The molecule has 21 heavy (non-hydrogen) atoms. The fourth-order valence-corrected chi connectivity index (χ4v) is 2.27. The Morgan fingerprint density at radius 3 is 2.33 bits per heavy atom. The van der Waals surface area contributed by atoms with Crippen LogP contribution in [0.1, 0.15) is 47.5 Å². The minimum atomic E-state index is -0.730. The van der Waals surface area contributed by atoms with Crippen molar-refractivity contribution >= 4 is 17.8 Å². The van der Waals surface area contributed by atoms with Crippen molar-refractivity contribution in [3.8, 4) is 0 Å². The first-order valence-electron chi connectivity index (χ1n) is 7.24. The molecule has 6 heteroatoms. The number of hydrogen-bond donors (Lipinski definition) is 0. The van der Waals surface area contributed by atoms with Crippen LogP contribution in [-0.2, 0) is 19.1 Å². The van der Waals surface area contributed by atoms with Crippen LogP contribution in [0.3, 0.4) is 0 Å². The highest BCUT2D eigenvalue weighted by molar-refractivity contribution is 5.83. The standard InChI is InChI=1S/C15H25NO5/c1-6-15(12(18)20-9-11(2)17)7-8-16(10-15)13(19)21-14(3,4)5/h6-10H2,1-5H3. The minimum absolute atomic E-state index is 0.198.